The molecule has 10 atom stereocenters. The van der Waals surface area contributed by atoms with Gasteiger partial charge in [0.25, 0.3) is 0 Å². The van der Waals surface area contributed by atoms with E-state index in [0.717, 1.165) is 24.2 Å². The zero-order valence-electron chi connectivity index (χ0n) is 20.5. The third-order valence-corrected chi connectivity index (χ3v) is 11.8. The van der Waals surface area contributed by atoms with E-state index in [1.807, 2.05) is 7.11 Å². The molecule has 180 valence electrons. The van der Waals surface area contributed by atoms with Crippen LogP contribution in [-0.4, -0.2) is 35.4 Å². The van der Waals surface area contributed by atoms with Gasteiger partial charge in [0.1, 0.15) is 5.56 Å². The number of ether oxygens (including phenoxy) is 2. The van der Waals surface area contributed by atoms with Crippen LogP contribution in [0.15, 0.2) is 18.5 Å². The van der Waals surface area contributed by atoms with Gasteiger partial charge in [-0.2, -0.15) is 0 Å². The minimum Gasteiger partial charge on any atom is -0.488 e. The molecule has 0 aliphatic heterocycles. The highest BCUT2D eigenvalue weighted by Gasteiger charge is 2.77. The van der Waals surface area contributed by atoms with E-state index >= 15 is 0 Å². The second-order valence-electron chi connectivity index (χ2n) is 12.5. The van der Waals surface area contributed by atoms with Crippen molar-refractivity contribution in [2.45, 2.75) is 84.3 Å². The molecule has 6 rings (SSSR count). The molecule has 0 radical (unpaired) electrons. The molecule has 1 aromatic heterocycles. The quantitative estimate of drug-likeness (QED) is 0.607. The molecule has 0 saturated heterocycles. The zero-order valence-corrected chi connectivity index (χ0v) is 20.5. The molecule has 1 heterocycles. The van der Waals surface area contributed by atoms with E-state index in [2.05, 4.69) is 25.8 Å². The van der Waals surface area contributed by atoms with Crippen molar-refractivity contribution in [3.05, 3.63) is 24.0 Å². The summed E-state index contributed by atoms with van der Waals surface area (Å²) in [6, 6.07) is 1.53. The average Bonchev–Trinajstić information content (AvgIpc) is 3.30. The van der Waals surface area contributed by atoms with Gasteiger partial charge in [-0.15, -0.1) is 0 Å². The molecule has 1 spiro atoms. The fourth-order valence-corrected chi connectivity index (χ4v) is 10.3. The number of aromatic carboxylic acids is 1. The highest BCUT2D eigenvalue weighted by molar-refractivity contribution is 5.90. The van der Waals surface area contributed by atoms with E-state index in [4.69, 9.17) is 9.47 Å². The highest BCUT2D eigenvalue weighted by atomic mass is 16.5. The summed E-state index contributed by atoms with van der Waals surface area (Å²) >= 11 is 0. The number of carboxylic acids is 1. The Morgan fingerprint density at radius 1 is 1.18 bits per heavy atom. The van der Waals surface area contributed by atoms with Crippen molar-refractivity contribution in [1.82, 2.24) is 4.98 Å². The number of nitrogens with zero attached hydrogens (tertiary/aromatic N) is 1. The minimum absolute atomic E-state index is 0.0260. The Kier molecular flexibility index (Phi) is 4.77. The van der Waals surface area contributed by atoms with Gasteiger partial charge < -0.3 is 14.6 Å². The number of rotatable bonds is 5. The van der Waals surface area contributed by atoms with Crippen LogP contribution in [0, 0.1) is 45.8 Å². The topological polar surface area (TPSA) is 68.7 Å². The first kappa shape index (κ1) is 21.9. The van der Waals surface area contributed by atoms with Gasteiger partial charge in [0.2, 0.25) is 0 Å². The predicted octanol–water partition coefficient (Wildman–Crippen LogP) is 5.83. The molecule has 33 heavy (non-hydrogen) atoms. The van der Waals surface area contributed by atoms with E-state index in [1.165, 1.54) is 57.2 Å². The number of carboxylic acid groups (broad SMARTS) is 1. The number of hydrogen-bond acceptors (Lipinski definition) is 4. The van der Waals surface area contributed by atoms with Gasteiger partial charge in [-0.25, -0.2) is 4.79 Å². The van der Waals surface area contributed by atoms with Gasteiger partial charge in [-0.05, 0) is 98.9 Å². The van der Waals surface area contributed by atoms with Crippen LogP contribution in [0.3, 0.4) is 0 Å². The smallest absolute Gasteiger partial charge is 0.339 e. The first-order chi connectivity index (χ1) is 15.8. The number of aromatic nitrogens is 1. The maximum absolute atomic E-state index is 11.7. The zero-order chi connectivity index (χ0) is 23.2. The summed E-state index contributed by atoms with van der Waals surface area (Å²) in [6.07, 6.45) is 13.9. The Morgan fingerprint density at radius 3 is 2.73 bits per heavy atom. The molecular weight excluding hydrogens is 414 g/mol. The van der Waals surface area contributed by atoms with E-state index in [1.54, 1.807) is 6.20 Å². The lowest BCUT2D eigenvalue weighted by atomic mass is 9.45. The lowest BCUT2D eigenvalue weighted by Crippen LogP contribution is -2.57. The van der Waals surface area contributed by atoms with Crippen LogP contribution in [0.2, 0.25) is 0 Å². The molecule has 5 nitrogen and oxygen atoms in total. The molecule has 5 aliphatic rings. The van der Waals surface area contributed by atoms with Crippen LogP contribution in [0.4, 0.5) is 0 Å². The Balaban J connectivity index is 1.26. The summed E-state index contributed by atoms with van der Waals surface area (Å²) in [4.78, 5) is 15.8. The SMILES string of the molecule is COC1C[C@H]2[C@@H]3CC[C@H]([C@H](C)Oc4cnccc4C(=O)O)[C@@]3(C)CC[C@@H]2[C@@]2(C)CC[C@@H]3CC132. The summed E-state index contributed by atoms with van der Waals surface area (Å²) in [5.74, 6) is 3.08. The van der Waals surface area contributed by atoms with Crippen LogP contribution < -0.4 is 4.74 Å². The van der Waals surface area contributed by atoms with Crippen molar-refractivity contribution >= 4 is 5.97 Å². The summed E-state index contributed by atoms with van der Waals surface area (Å²) in [5, 5.41) is 9.56. The summed E-state index contributed by atoms with van der Waals surface area (Å²) in [6.45, 7) is 7.28. The van der Waals surface area contributed by atoms with Gasteiger partial charge in [0.15, 0.2) is 5.75 Å². The lowest BCUT2D eigenvalue weighted by Gasteiger charge is -2.61. The predicted molar refractivity (Wildman–Crippen MR) is 125 cm³/mol. The van der Waals surface area contributed by atoms with Crippen molar-refractivity contribution in [2.75, 3.05) is 7.11 Å². The van der Waals surface area contributed by atoms with Crippen LogP contribution in [0.1, 0.15) is 82.5 Å². The normalized spacial score (nSPS) is 48.2. The number of fused-ring (bicyclic) bond motifs is 4. The minimum atomic E-state index is -0.958. The summed E-state index contributed by atoms with van der Waals surface area (Å²) in [5.41, 5.74) is 1.37. The molecule has 0 bridgehead atoms. The number of methoxy groups -OCH3 is 1. The third-order valence-electron chi connectivity index (χ3n) is 11.8. The van der Waals surface area contributed by atoms with Crippen molar-refractivity contribution in [3.63, 3.8) is 0 Å². The molecule has 2 unspecified atom stereocenters. The van der Waals surface area contributed by atoms with E-state index in [9.17, 15) is 9.90 Å². The van der Waals surface area contributed by atoms with Gasteiger partial charge in [0, 0.05) is 24.6 Å². The van der Waals surface area contributed by atoms with Crippen molar-refractivity contribution in [3.8, 4) is 5.75 Å². The van der Waals surface area contributed by atoms with Gasteiger partial charge in [-0.3, -0.25) is 4.98 Å². The van der Waals surface area contributed by atoms with E-state index in [0.29, 0.717) is 34.5 Å². The maximum Gasteiger partial charge on any atom is 0.339 e. The highest BCUT2D eigenvalue weighted by Crippen LogP contribution is 2.82. The molecule has 0 amide bonds. The molecule has 1 aromatic rings. The third kappa shape index (κ3) is 2.75. The lowest BCUT2D eigenvalue weighted by molar-refractivity contribution is -0.162. The molecule has 5 saturated carbocycles. The second kappa shape index (κ2) is 7.19. The van der Waals surface area contributed by atoms with Gasteiger partial charge in [-0.1, -0.05) is 13.8 Å². The monoisotopic (exact) mass is 453 g/mol. The second-order valence-corrected chi connectivity index (χ2v) is 12.5. The summed E-state index contributed by atoms with van der Waals surface area (Å²) < 4.78 is 12.6. The van der Waals surface area contributed by atoms with Crippen LogP contribution in [0.25, 0.3) is 0 Å². The molecular formula is C28H39NO4. The molecule has 1 N–H and O–H groups in total. The molecule has 5 fully saturated rings. The molecule has 5 aliphatic carbocycles. The van der Waals surface area contributed by atoms with Crippen LogP contribution in [-0.2, 0) is 4.74 Å². The average molecular weight is 454 g/mol. The summed E-state index contributed by atoms with van der Waals surface area (Å²) in [7, 11) is 1.96. The fourth-order valence-electron chi connectivity index (χ4n) is 10.3. The standard InChI is InChI=1S/C28H39NO4/c1-16(33-23-15-29-12-9-18(23)25(30)31)20-5-6-21-19-13-24(32-4)28-14-17(28)7-11-27(28,3)22(19)8-10-26(20,21)2/h9,12,15-17,19-22,24H,5-8,10-11,13-14H2,1-4H3,(H,30,31)/t16-,17+,19-,20+,21-,22-,24?,26+,27+,28?/m0/s1. The van der Waals surface area contributed by atoms with Gasteiger partial charge >= 0.3 is 5.97 Å². The largest absolute Gasteiger partial charge is 0.488 e. The van der Waals surface area contributed by atoms with E-state index in [-0.39, 0.29) is 17.1 Å². The van der Waals surface area contributed by atoms with Crippen molar-refractivity contribution in [1.29, 1.82) is 0 Å². The Morgan fingerprint density at radius 2 is 2.00 bits per heavy atom. The number of carbonyl (C=O) groups is 1. The van der Waals surface area contributed by atoms with Crippen LogP contribution >= 0.6 is 0 Å². The molecule has 0 aromatic carbocycles. The van der Waals surface area contributed by atoms with Gasteiger partial charge in [0.05, 0.1) is 18.4 Å². The Bertz CT molecular complexity index is 965. The Labute approximate surface area is 197 Å². The maximum atomic E-state index is 11.7. The first-order valence-electron chi connectivity index (χ1n) is 13.1. The fraction of sp³-hybridized carbons (Fsp3) is 0.786. The van der Waals surface area contributed by atoms with Crippen molar-refractivity contribution < 1.29 is 19.4 Å². The van der Waals surface area contributed by atoms with Crippen molar-refractivity contribution in [2.24, 2.45) is 45.8 Å². The number of hydrogen-bond donors (Lipinski definition) is 1. The first-order valence-corrected chi connectivity index (χ1v) is 13.1. The Hall–Kier alpha value is -1.62. The number of pyridine rings is 1. The van der Waals surface area contributed by atoms with Crippen LogP contribution in [0.5, 0.6) is 5.75 Å². The van der Waals surface area contributed by atoms with E-state index < -0.39 is 5.97 Å². The molecule has 5 heteroatoms.